The van der Waals surface area contributed by atoms with E-state index < -0.39 is 5.54 Å². The Hall–Kier alpha value is -1.49. The van der Waals surface area contributed by atoms with E-state index in [1.807, 2.05) is 36.6 Å². The standard InChI is InChI=1S/C15H20N2O2S/c1-11(20-3)9-17-10-13(18)16-15(2,14(17)19)12-7-5-4-6-8-12/h4-8,11H,9-10H2,1-3H3,(H,16,18). The van der Waals surface area contributed by atoms with Gasteiger partial charge in [-0.1, -0.05) is 37.3 Å². The number of piperazine rings is 1. The molecular weight excluding hydrogens is 272 g/mol. The van der Waals surface area contributed by atoms with Crippen molar-refractivity contribution in [3.05, 3.63) is 35.9 Å². The summed E-state index contributed by atoms with van der Waals surface area (Å²) in [5.74, 6) is -0.145. The van der Waals surface area contributed by atoms with Crippen LogP contribution in [0.3, 0.4) is 0 Å². The summed E-state index contributed by atoms with van der Waals surface area (Å²) in [5.41, 5.74) is -0.144. The highest BCUT2D eigenvalue weighted by molar-refractivity contribution is 7.99. The van der Waals surface area contributed by atoms with Crippen molar-refractivity contribution in [3.8, 4) is 0 Å². The van der Waals surface area contributed by atoms with Gasteiger partial charge in [0.1, 0.15) is 5.54 Å². The first-order valence-electron chi connectivity index (χ1n) is 6.66. The molecule has 1 heterocycles. The van der Waals surface area contributed by atoms with E-state index in [2.05, 4.69) is 12.2 Å². The molecule has 5 heteroatoms. The predicted molar refractivity (Wildman–Crippen MR) is 81.5 cm³/mol. The Morgan fingerprint density at radius 2 is 2.00 bits per heavy atom. The van der Waals surface area contributed by atoms with E-state index in [1.54, 1.807) is 23.6 Å². The molecule has 1 aliphatic heterocycles. The van der Waals surface area contributed by atoms with Gasteiger partial charge in [-0.05, 0) is 18.7 Å². The molecule has 0 aliphatic carbocycles. The van der Waals surface area contributed by atoms with E-state index >= 15 is 0 Å². The van der Waals surface area contributed by atoms with Crippen LogP contribution in [0.2, 0.25) is 0 Å². The Morgan fingerprint density at radius 3 is 2.60 bits per heavy atom. The van der Waals surface area contributed by atoms with Crippen molar-refractivity contribution in [2.75, 3.05) is 19.3 Å². The lowest BCUT2D eigenvalue weighted by Crippen LogP contribution is -2.63. The topological polar surface area (TPSA) is 49.4 Å². The first kappa shape index (κ1) is 14.9. The third kappa shape index (κ3) is 2.82. The van der Waals surface area contributed by atoms with E-state index in [-0.39, 0.29) is 18.4 Å². The molecule has 108 valence electrons. The molecule has 0 radical (unpaired) electrons. The van der Waals surface area contributed by atoms with Crippen molar-refractivity contribution in [3.63, 3.8) is 0 Å². The summed E-state index contributed by atoms with van der Waals surface area (Å²) in [6, 6.07) is 9.40. The molecule has 1 N–H and O–H groups in total. The molecule has 20 heavy (non-hydrogen) atoms. The fourth-order valence-electron chi connectivity index (χ4n) is 2.43. The highest BCUT2D eigenvalue weighted by Gasteiger charge is 2.44. The van der Waals surface area contributed by atoms with Gasteiger partial charge in [-0.25, -0.2) is 0 Å². The monoisotopic (exact) mass is 292 g/mol. The van der Waals surface area contributed by atoms with Gasteiger partial charge in [-0.2, -0.15) is 11.8 Å². The number of hydrogen-bond acceptors (Lipinski definition) is 3. The maximum atomic E-state index is 12.7. The summed E-state index contributed by atoms with van der Waals surface area (Å²) in [6.45, 7) is 4.57. The number of carbonyl (C=O) groups is 2. The quantitative estimate of drug-likeness (QED) is 0.917. The van der Waals surface area contributed by atoms with Crippen LogP contribution in [-0.2, 0) is 15.1 Å². The zero-order valence-electron chi connectivity index (χ0n) is 12.1. The van der Waals surface area contributed by atoms with Crippen LogP contribution in [0.5, 0.6) is 0 Å². The highest BCUT2D eigenvalue weighted by Crippen LogP contribution is 2.26. The van der Waals surface area contributed by atoms with Gasteiger partial charge in [0.25, 0.3) is 5.91 Å². The molecule has 2 atom stereocenters. The SMILES string of the molecule is CSC(C)CN1CC(=O)NC(C)(c2ccccc2)C1=O. The van der Waals surface area contributed by atoms with Crippen LogP contribution < -0.4 is 5.32 Å². The third-order valence-electron chi connectivity index (χ3n) is 3.67. The Balaban J connectivity index is 2.29. The molecule has 1 aromatic rings. The Labute approximate surface area is 123 Å². The maximum Gasteiger partial charge on any atom is 0.253 e. The molecule has 1 aromatic carbocycles. The number of hydrogen-bond donors (Lipinski definition) is 1. The summed E-state index contributed by atoms with van der Waals surface area (Å²) < 4.78 is 0. The third-order valence-corrected chi connectivity index (χ3v) is 4.62. The number of thioether (sulfide) groups is 1. The first-order valence-corrected chi connectivity index (χ1v) is 7.95. The van der Waals surface area contributed by atoms with Crippen molar-refractivity contribution in [1.82, 2.24) is 10.2 Å². The molecule has 0 saturated carbocycles. The van der Waals surface area contributed by atoms with E-state index in [1.165, 1.54) is 0 Å². The predicted octanol–water partition coefficient (Wildman–Crippen LogP) is 1.61. The molecule has 4 nitrogen and oxygen atoms in total. The minimum Gasteiger partial charge on any atom is -0.337 e. The Bertz CT molecular complexity index is 506. The van der Waals surface area contributed by atoms with E-state index in [9.17, 15) is 9.59 Å². The highest BCUT2D eigenvalue weighted by atomic mass is 32.2. The van der Waals surface area contributed by atoms with E-state index in [0.717, 1.165) is 5.56 Å². The number of nitrogens with one attached hydrogen (secondary N) is 1. The first-order chi connectivity index (χ1) is 9.47. The van der Waals surface area contributed by atoms with Gasteiger partial charge in [-0.15, -0.1) is 0 Å². The van der Waals surface area contributed by atoms with Gasteiger partial charge in [-0.3, -0.25) is 9.59 Å². The number of amides is 2. The average molecular weight is 292 g/mol. The summed E-state index contributed by atoms with van der Waals surface area (Å²) >= 11 is 1.69. The minimum atomic E-state index is -0.964. The smallest absolute Gasteiger partial charge is 0.253 e. The second kappa shape index (κ2) is 5.87. The average Bonchev–Trinajstić information content (AvgIpc) is 2.45. The van der Waals surface area contributed by atoms with Crippen LogP contribution in [0.1, 0.15) is 19.4 Å². The van der Waals surface area contributed by atoms with Gasteiger partial charge < -0.3 is 10.2 Å². The van der Waals surface area contributed by atoms with Crippen LogP contribution in [0, 0.1) is 0 Å². The molecule has 0 bridgehead atoms. The fraction of sp³-hybridized carbons (Fsp3) is 0.467. The van der Waals surface area contributed by atoms with Crippen molar-refractivity contribution in [2.24, 2.45) is 0 Å². The molecule has 2 unspecified atom stereocenters. The molecule has 0 spiro atoms. The van der Waals surface area contributed by atoms with Crippen molar-refractivity contribution in [2.45, 2.75) is 24.6 Å². The maximum absolute atomic E-state index is 12.7. The van der Waals surface area contributed by atoms with Crippen LogP contribution in [0.15, 0.2) is 30.3 Å². The molecule has 2 rings (SSSR count). The normalized spacial score (nSPS) is 24.4. The number of rotatable bonds is 4. The molecule has 1 saturated heterocycles. The lowest BCUT2D eigenvalue weighted by atomic mass is 9.88. The van der Waals surface area contributed by atoms with Crippen LogP contribution in [0.4, 0.5) is 0 Å². The molecule has 1 fully saturated rings. The van der Waals surface area contributed by atoms with Gasteiger partial charge in [0.15, 0.2) is 0 Å². The Morgan fingerprint density at radius 1 is 1.35 bits per heavy atom. The summed E-state index contributed by atoms with van der Waals surface area (Å²) in [5, 5.41) is 3.15. The van der Waals surface area contributed by atoms with Crippen LogP contribution in [-0.4, -0.2) is 41.3 Å². The van der Waals surface area contributed by atoms with E-state index in [4.69, 9.17) is 0 Å². The van der Waals surface area contributed by atoms with Crippen LogP contribution >= 0.6 is 11.8 Å². The van der Waals surface area contributed by atoms with Crippen molar-refractivity contribution in [1.29, 1.82) is 0 Å². The number of carbonyl (C=O) groups excluding carboxylic acids is 2. The minimum absolute atomic E-state index is 0.0378. The number of benzene rings is 1. The lowest BCUT2D eigenvalue weighted by Gasteiger charge is -2.40. The second-order valence-electron chi connectivity index (χ2n) is 5.27. The van der Waals surface area contributed by atoms with Crippen molar-refractivity contribution >= 4 is 23.6 Å². The number of nitrogens with zero attached hydrogens (tertiary/aromatic N) is 1. The van der Waals surface area contributed by atoms with E-state index in [0.29, 0.717) is 11.8 Å². The van der Waals surface area contributed by atoms with Gasteiger partial charge in [0, 0.05) is 11.8 Å². The van der Waals surface area contributed by atoms with Gasteiger partial charge in [0.05, 0.1) is 6.54 Å². The molecular formula is C15H20N2O2S. The molecule has 0 aromatic heterocycles. The van der Waals surface area contributed by atoms with Crippen molar-refractivity contribution < 1.29 is 9.59 Å². The lowest BCUT2D eigenvalue weighted by molar-refractivity contribution is -0.149. The van der Waals surface area contributed by atoms with Gasteiger partial charge >= 0.3 is 0 Å². The molecule has 2 amide bonds. The fourth-order valence-corrected chi connectivity index (χ4v) is 2.76. The van der Waals surface area contributed by atoms with Crippen LogP contribution in [0.25, 0.3) is 0 Å². The Kier molecular flexibility index (Phi) is 4.38. The summed E-state index contributed by atoms with van der Waals surface area (Å²) in [4.78, 5) is 26.4. The zero-order chi connectivity index (χ0) is 14.8. The zero-order valence-corrected chi connectivity index (χ0v) is 12.9. The second-order valence-corrected chi connectivity index (χ2v) is 6.55. The van der Waals surface area contributed by atoms with Gasteiger partial charge in [0.2, 0.25) is 5.91 Å². The molecule has 1 aliphatic rings. The summed E-state index contributed by atoms with van der Waals surface area (Å²) in [7, 11) is 0. The summed E-state index contributed by atoms with van der Waals surface area (Å²) in [6.07, 6.45) is 2.01. The largest absolute Gasteiger partial charge is 0.337 e.